The van der Waals surface area contributed by atoms with E-state index in [4.69, 9.17) is 15.3 Å². The first-order valence-corrected chi connectivity index (χ1v) is 5.44. The van der Waals surface area contributed by atoms with Crippen molar-refractivity contribution in [3.05, 3.63) is 0 Å². The van der Waals surface area contributed by atoms with Gasteiger partial charge < -0.3 is 36.0 Å². The molecule has 0 aromatic carbocycles. The molecule has 0 saturated carbocycles. The second-order valence-corrected chi connectivity index (χ2v) is 4.72. The summed E-state index contributed by atoms with van der Waals surface area (Å²) in [7, 11) is 0. The van der Waals surface area contributed by atoms with E-state index in [1.54, 1.807) is 13.8 Å². The van der Waals surface area contributed by atoms with Crippen molar-refractivity contribution < 1.29 is 30.6 Å². The lowest BCUT2D eigenvalue weighted by Crippen LogP contribution is -2.53. The summed E-state index contributed by atoms with van der Waals surface area (Å²) in [6.07, 6.45) is -6.05. The highest BCUT2D eigenvalue weighted by molar-refractivity contribution is 4.84. The molecular weight excluding hydrogens is 230 g/mol. The van der Waals surface area contributed by atoms with Gasteiger partial charge in [0.2, 0.25) is 0 Å². The van der Waals surface area contributed by atoms with Crippen LogP contribution in [0, 0.1) is 0 Å². The first-order chi connectivity index (χ1) is 7.75. The smallest absolute Gasteiger partial charge is 0.111 e. The molecule has 0 aromatic heterocycles. The first kappa shape index (κ1) is 16.7. The Labute approximate surface area is 100 Å². The van der Waals surface area contributed by atoms with Crippen LogP contribution in [0.4, 0.5) is 0 Å². The van der Waals surface area contributed by atoms with Crippen molar-refractivity contribution in [3.8, 4) is 0 Å². The fraction of sp³-hybridized carbons (Fsp3) is 1.00. The molecule has 7 heteroatoms. The van der Waals surface area contributed by atoms with E-state index < -0.39 is 36.6 Å². The van der Waals surface area contributed by atoms with Crippen molar-refractivity contribution in [1.29, 1.82) is 0 Å². The van der Waals surface area contributed by atoms with Crippen molar-refractivity contribution in [3.63, 3.8) is 0 Å². The van der Waals surface area contributed by atoms with Crippen molar-refractivity contribution in [2.24, 2.45) is 0 Å². The molecule has 0 fully saturated rings. The molecule has 0 aliphatic rings. The van der Waals surface area contributed by atoms with Crippen LogP contribution in [-0.2, 0) is 0 Å². The summed E-state index contributed by atoms with van der Waals surface area (Å²) < 4.78 is 0. The molecule has 0 rings (SSSR count). The highest BCUT2D eigenvalue weighted by Crippen LogP contribution is 2.06. The average molecular weight is 253 g/mol. The minimum absolute atomic E-state index is 0.0655. The number of aliphatic hydroxyl groups excluding tert-OH is 6. The quantitative estimate of drug-likeness (QED) is 0.242. The third kappa shape index (κ3) is 5.73. The van der Waals surface area contributed by atoms with Crippen molar-refractivity contribution in [2.45, 2.75) is 43.8 Å². The molecule has 0 aliphatic carbocycles. The van der Waals surface area contributed by atoms with Crippen LogP contribution in [0.25, 0.3) is 0 Å². The molecular formula is C10H23NO6. The van der Waals surface area contributed by atoms with Crippen LogP contribution < -0.4 is 5.32 Å². The Kier molecular flexibility index (Phi) is 7.10. The van der Waals surface area contributed by atoms with Gasteiger partial charge in [-0.15, -0.1) is 0 Å². The molecule has 104 valence electrons. The Hall–Kier alpha value is -0.280. The molecule has 7 nitrogen and oxygen atoms in total. The highest BCUT2D eigenvalue weighted by atomic mass is 16.4. The highest BCUT2D eigenvalue weighted by Gasteiger charge is 2.30. The summed E-state index contributed by atoms with van der Waals surface area (Å²) in [5, 5.41) is 57.8. The molecule has 0 aromatic rings. The molecule has 0 spiro atoms. The number of aliphatic hydroxyl groups is 6. The Balaban J connectivity index is 4.18. The van der Waals surface area contributed by atoms with Crippen molar-refractivity contribution in [1.82, 2.24) is 5.32 Å². The zero-order valence-corrected chi connectivity index (χ0v) is 10.1. The largest absolute Gasteiger partial charge is 0.394 e. The van der Waals surface area contributed by atoms with Crippen LogP contribution >= 0.6 is 0 Å². The second-order valence-electron chi connectivity index (χ2n) is 4.72. The maximum Gasteiger partial charge on any atom is 0.111 e. The summed E-state index contributed by atoms with van der Waals surface area (Å²) in [5.41, 5.74) is -0.624. The molecule has 0 heterocycles. The van der Waals surface area contributed by atoms with Gasteiger partial charge in [0, 0.05) is 12.1 Å². The maximum absolute atomic E-state index is 9.54. The molecule has 0 unspecified atom stereocenters. The SMILES string of the molecule is CC(C)(CO)NC[C@H](O)[C@@H](O)[C@H](O)[C@H](O)CO. The summed E-state index contributed by atoms with van der Waals surface area (Å²) in [5.74, 6) is 0. The van der Waals surface area contributed by atoms with Gasteiger partial charge >= 0.3 is 0 Å². The zero-order chi connectivity index (χ0) is 13.6. The second kappa shape index (κ2) is 7.22. The summed E-state index contributed by atoms with van der Waals surface area (Å²) in [4.78, 5) is 0. The summed E-state index contributed by atoms with van der Waals surface area (Å²) in [6.45, 7) is 2.47. The van der Waals surface area contributed by atoms with Gasteiger partial charge in [0.25, 0.3) is 0 Å². The number of hydrogen-bond acceptors (Lipinski definition) is 7. The standard InChI is InChI=1S/C10H23NO6/c1-10(2,5-13)11-3-6(14)8(16)9(17)7(15)4-12/h6-9,11-17H,3-5H2,1-2H3/t6-,7+,8+,9+/m0/s1. The molecule has 0 radical (unpaired) electrons. The molecule has 0 saturated heterocycles. The zero-order valence-electron chi connectivity index (χ0n) is 10.1. The van der Waals surface area contributed by atoms with Crippen LogP contribution in [0.1, 0.15) is 13.8 Å². The van der Waals surface area contributed by atoms with Crippen LogP contribution in [0.2, 0.25) is 0 Å². The summed E-state index contributed by atoms with van der Waals surface area (Å²) >= 11 is 0. The van der Waals surface area contributed by atoms with E-state index in [2.05, 4.69) is 5.32 Å². The van der Waals surface area contributed by atoms with E-state index in [0.717, 1.165) is 0 Å². The van der Waals surface area contributed by atoms with E-state index in [0.29, 0.717) is 0 Å². The van der Waals surface area contributed by atoms with E-state index >= 15 is 0 Å². The number of hydrogen-bond donors (Lipinski definition) is 7. The molecule has 4 atom stereocenters. The van der Waals surface area contributed by atoms with Crippen LogP contribution in [0.5, 0.6) is 0 Å². The van der Waals surface area contributed by atoms with E-state index in [1.165, 1.54) is 0 Å². The topological polar surface area (TPSA) is 133 Å². The fourth-order valence-electron chi connectivity index (χ4n) is 1.12. The third-order valence-corrected chi connectivity index (χ3v) is 2.51. The van der Waals surface area contributed by atoms with E-state index in [1.807, 2.05) is 0 Å². The van der Waals surface area contributed by atoms with Gasteiger partial charge in [-0.25, -0.2) is 0 Å². The van der Waals surface area contributed by atoms with Gasteiger partial charge in [0.1, 0.15) is 18.3 Å². The minimum atomic E-state index is -1.63. The Bertz CT molecular complexity index is 213. The molecule has 7 N–H and O–H groups in total. The Morgan fingerprint density at radius 1 is 0.941 bits per heavy atom. The third-order valence-electron chi connectivity index (χ3n) is 2.51. The van der Waals surface area contributed by atoms with Gasteiger partial charge in [-0.05, 0) is 13.8 Å². The van der Waals surface area contributed by atoms with Crippen LogP contribution in [0.15, 0.2) is 0 Å². The number of nitrogens with one attached hydrogen (secondary N) is 1. The van der Waals surface area contributed by atoms with Gasteiger partial charge in [0.05, 0.1) is 19.3 Å². The predicted octanol–water partition coefficient (Wildman–Crippen LogP) is -3.22. The van der Waals surface area contributed by atoms with Gasteiger partial charge in [-0.3, -0.25) is 0 Å². The molecule has 17 heavy (non-hydrogen) atoms. The van der Waals surface area contributed by atoms with Gasteiger partial charge in [-0.1, -0.05) is 0 Å². The lowest BCUT2D eigenvalue weighted by atomic mass is 10.0. The van der Waals surface area contributed by atoms with E-state index in [-0.39, 0.29) is 13.2 Å². The van der Waals surface area contributed by atoms with Gasteiger partial charge in [-0.2, -0.15) is 0 Å². The molecule has 0 bridgehead atoms. The van der Waals surface area contributed by atoms with Crippen molar-refractivity contribution >= 4 is 0 Å². The Morgan fingerprint density at radius 3 is 1.82 bits per heavy atom. The molecule has 0 amide bonds. The van der Waals surface area contributed by atoms with Crippen LogP contribution in [0.3, 0.4) is 0 Å². The number of rotatable bonds is 8. The fourth-order valence-corrected chi connectivity index (χ4v) is 1.12. The average Bonchev–Trinajstić information content (AvgIpc) is 2.33. The van der Waals surface area contributed by atoms with Crippen molar-refractivity contribution in [2.75, 3.05) is 19.8 Å². The maximum atomic E-state index is 9.54. The van der Waals surface area contributed by atoms with Gasteiger partial charge in [0.15, 0.2) is 0 Å². The Morgan fingerprint density at radius 2 is 1.41 bits per heavy atom. The van der Waals surface area contributed by atoms with E-state index in [9.17, 15) is 15.3 Å². The molecule has 0 aliphatic heterocycles. The monoisotopic (exact) mass is 253 g/mol. The minimum Gasteiger partial charge on any atom is -0.394 e. The number of β-amino-alcohol motifs (C(OH)–C–C–N with tert-alkyl or cyclic N) is 1. The first-order valence-electron chi connectivity index (χ1n) is 5.44. The lowest BCUT2D eigenvalue weighted by molar-refractivity contribution is -0.115. The normalized spacial score (nSPS) is 19.8. The predicted molar refractivity (Wildman–Crippen MR) is 60.3 cm³/mol. The lowest BCUT2D eigenvalue weighted by Gasteiger charge is -2.29. The van der Waals surface area contributed by atoms with Crippen LogP contribution in [-0.4, -0.2) is 80.4 Å². The summed E-state index contributed by atoms with van der Waals surface area (Å²) in [6, 6.07) is 0.